The van der Waals surface area contributed by atoms with Crippen LogP contribution < -0.4 is 0 Å². The van der Waals surface area contributed by atoms with Gasteiger partial charge in [-0.05, 0) is 13.8 Å². The highest BCUT2D eigenvalue weighted by Gasteiger charge is 1.94. The van der Waals surface area contributed by atoms with E-state index in [-0.39, 0.29) is 6.10 Å². The lowest BCUT2D eigenvalue weighted by atomic mass is 10.5. The fraction of sp³-hybridized carbons (Fsp3) is 0.778. The lowest BCUT2D eigenvalue weighted by Crippen LogP contribution is -2.12. The van der Waals surface area contributed by atoms with Crippen molar-refractivity contribution in [3.63, 3.8) is 0 Å². The summed E-state index contributed by atoms with van der Waals surface area (Å²) in [5.74, 6) is 0. The zero-order valence-electron chi connectivity index (χ0n) is 8.72. The molecule has 0 saturated carbocycles. The molecule has 0 aliphatic carbocycles. The standard InChI is InChI=1S/C9H17N3O2/c1-9(2)14-8-7-13-6-5-12-4-3-10-11-12/h3-4,9H,5-8H2,1-2H3. The monoisotopic (exact) mass is 199 g/mol. The van der Waals surface area contributed by atoms with Gasteiger partial charge in [0, 0.05) is 6.20 Å². The number of aromatic nitrogens is 3. The maximum atomic E-state index is 5.34. The molecule has 1 rings (SSSR count). The van der Waals surface area contributed by atoms with Crippen LogP contribution in [-0.4, -0.2) is 40.9 Å². The van der Waals surface area contributed by atoms with Gasteiger partial charge in [0.05, 0.1) is 38.7 Å². The maximum absolute atomic E-state index is 5.34. The Kier molecular flexibility index (Phi) is 5.17. The predicted octanol–water partition coefficient (Wildman–Crippen LogP) is 0.720. The Bertz CT molecular complexity index is 224. The first-order valence-electron chi connectivity index (χ1n) is 4.82. The fourth-order valence-corrected chi connectivity index (χ4v) is 0.955. The van der Waals surface area contributed by atoms with Crippen molar-refractivity contribution in [3.05, 3.63) is 12.4 Å². The molecule has 14 heavy (non-hydrogen) atoms. The van der Waals surface area contributed by atoms with Crippen LogP contribution in [0, 0.1) is 0 Å². The molecule has 0 aliphatic rings. The molecule has 0 unspecified atom stereocenters. The molecule has 0 bridgehead atoms. The quantitative estimate of drug-likeness (QED) is 0.607. The molecular formula is C9H17N3O2. The van der Waals surface area contributed by atoms with Crippen LogP contribution in [-0.2, 0) is 16.0 Å². The van der Waals surface area contributed by atoms with E-state index in [1.807, 2.05) is 20.0 Å². The van der Waals surface area contributed by atoms with Crippen molar-refractivity contribution in [2.24, 2.45) is 0 Å². The van der Waals surface area contributed by atoms with Crippen LogP contribution in [0.15, 0.2) is 12.4 Å². The van der Waals surface area contributed by atoms with Crippen LogP contribution in [0.5, 0.6) is 0 Å². The Morgan fingerprint density at radius 2 is 2.14 bits per heavy atom. The van der Waals surface area contributed by atoms with Crippen molar-refractivity contribution in [1.29, 1.82) is 0 Å². The van der Waals surface area contributed by atoms with Gasteiger partial charge in [-0.3, -0.25) is 4.68 Å². The van der Waals surface area contributed by atoms with Crippen molar-refractivity contribution in [2.75, 3.05) is 19.8 Å². The Morgan fingerprint density at radius 1 is 1.29 bits per heavy atom. The van der Waals surface area contributed by atoms with Crippen molar-refractivity contribution >= 4 is 0 Å². The van der Waals surface area contributed by atoms with Crippen LogP contribution in [0.2, 0.25) is 0 Å². The number of ether oxygens (including phenoxy) is 2. The average molecular weight is 199 g/mol. The maximum Gasteiger partial charge on any atom is 0.0703 e. The third-order valence-corrected chi connectivity index (χ3v) is 1.62. The molecule has 80 valence electrons. The molecule has 1 heterocycles. The summed E-state index contributed by atoms with van der Waals surface area (Å²) in [6.45, 7) is 6.68. The lowest BCUT2D eigenvalue weighted by molar-refractivity contribution is 0.0170. The van der Waals surface area contributed by atoms with Crippen LogP contribution in [0.3, 0.4) is 0 Å². The van der Waals surface area contributed by atoms with Gasteiger partial charge < -0.3 is 9.47 Å². The normalized spacial score (nSPS) is 11.1. The SMILES string of the molecule is CC(C)OCCOCCn1ccnn1. The first kappa shape index (κ1) is 11.1. The summed E-state index contributed by atoms with van der Waals surface area (Å²) < 4.78 is 12.4. The van der Waals surface area contributed by atoms with E-state index in [1.54, 1.807) is 10.9 Å². The molecule has 0 radical (unpaired) electrons. The second kappa shape index (κ2) is 6.50. The summed E-state index contributed by atoms with van der Waals surface area (Å²) in [6, 6.07) is 0. The molecule has 0 aromatic carbocycles. The third-order valence-electron chi connectivity index (χ3n) is 1.62. The van der Waals surface area contributed by atoms with Crippen LogP contribution in [0.25, 0.3) is 0 Å². The molecule has 0 atom stereocenters. The van der Waals surface area contributed by atoms with E-state index in [9.17, 15) is 0 Å². The van der Waals surface area contributed by atoms with Crippen molar-refractivity contribution in [3.8, 4) is 0 Å². The molecule has 1 aromatic rings. The first-order valence-corrected chi connectivity index (χ1v) is 4.82. The molecule has 5 nitrogen and oxygen atoms in total. The van der Waals surface area contributed by atoms with Gasteiger partial charge in [-0.1, -0.05) is 5.21 Å². The molecule has 0 aliphatic heterocycles. The second-order valence-electron chi connectivity index (χ2n) is 3.20. The van der Waals surface area contributed by atoms with E-state index in [2.05, 4.69) is 10.3 Å². The molecule has 0 amide bonds. The largest absolute Gasteiger partial charge is 0.377 e. The molecule has 0 N–H and O–H groups in total. The fourth-order valence-electron chi connectivity index (χ4n) is 0.955. The first-order chi connectivity index (χ1) is 6.79. The average Bonchev–Trinajstić information content (AvgIpc) is 2.63. The van der Waals surface area contributed by atoms with Crippen molar-refractivity contribution < 1.29 is 9.47 Å². The van der Waals surface area contributed by atoms with Gasteiger partial charge in [-0.2, -0.15) is 0 Å². The van der Waals surface area contributed by atoms with Crippen molar-refractivity contribution in [2.45, 2.75) is 26.5 Å². The molecule has 0 spiro atoms. The highest BCUT2D eigenvalue weighted by atomic mass is 16.5. The molecule has 0 fully saturated rings. The van der Waals surface area contributed by atoms with E-state index in [1.165, 1.54) is 0 Å². The Balaban J connectivity index is 1.90. The number of hydrogen-bond donors (Lipinski definition) is 0. The molecule has 5 heteroatoms. The van der Waals surface area contributed by atoms with E-state index in [0.717, 1.165) is 6.54 Å². The van der Waals surface area contributed by atoms with E-state index in [0.29, 0.717) is 19.8 Å². The van der Waals surface area contributed by atoms with Gasteiger partial charge in [0.15, 0.2) is 0 Å². The highest BCUT2D eigenvalue weighted by Crippen LogP contribution is 1.88. The minimum Gasteiger partial charge on any atom is -0.377 e. The predicted molar refractivity (Wildman–Crippen MR) is 51.9 cm³/mol. The summed E-state index contributed by atoms with van der Waals surface area (Å²) >= 11 is 0. The molecular weight excluding hydrogens is 182 g/mol. The van der Waals surface area contributed by atoms with Gasteiger partial charge in [-0.25, -0.2) is 0 Å². The van der Waals surface area contributed by atoms with Gasteiger partial charge in [-0.15, -0.1) is 5.10 Å². The van der Waals surface area contributed by atoms with Gasteiger partial charge in [0.1, 0.15) is 0 Å². The zero-order valence-corrected chi connectivity index (χ0v) is 8.72. The van der Waals surface area contributed by atoms with Gasteiger partial charge in [0.2, 0.25) is 0 Å². The number of rotatable bonds is 7. The molecule has 0 saturated heterocycles. The number of hydrogen-bond acceptors (Lipinski definition) is 4. The summed E-state index contributed by atoms with van der Waals surface area (Å²) in [5, 5.41) is 7.51. The molecule has 1 aromatic heterocycles. The minimum absolute atomic E-state index is 0.272. The number of nitrogens with zero attached hydrogens (tertiary/aromatic N) is 3. The summed E-state index contributed by atoms with van der Waals surface area (Å²) in [6.07, 6.45) is 3.74. The highest BCUT2D eigenvalue weighted by molar-refractivity contribution is 4.63. The topological polar surface area (TPSA) is 49.2 Å². The summed E-state index contributed by atoms with van der Waals surface area (Å²) in [4.78, 5) is 0. The van der Waals surface area contributed by atoms with Crippen LogP contribution in [0.1, 0.15) is 13.8 Å². The van der Waals surface area contributed by atoms with E-state index in [4.69, 9.17) is 9.47 Å². The van der Waals surface area contributed by atoms with Crippen molar-refractivity contribution in [1.82, 2.24) is 15.0 Å². The Morgan fingerprint density at radius 3 is 2.79 bits per heavy atom. The van der Waals surface area contributed by atoms with Gasteiger partial charge in [0.25, 0.3) is 0 Å². The summed E-state index contributed by atoms with van der Waals surface area (Å²) in [7, 11) is 0. The lowest BCUT2D eigenvalue weighted by Gasteiger charge is -2.07. The third kappa shape index (κ3) is 4.94. The summed E-state index contributed by atoms with van der Waals surface area (Å²) in [5.41, 5.74) is 0. The Hall–Kier alpha value is -0.940. The van der Waals surface area contributed by atoms with Gasteiger partial charge >= 0.3 is 0 Å². The van der Waals surface area contributed by atoms with E-state index < -0.39 is 0 Å². The minimum atomic E-state index is 0.272. The smallest absolute Gasteiger partial charge is 0.0703 e. The zero-order chi connectivity index (χ0) is 10.2. The second-order valence-corrected chi connectivity index (χ2v) is 3.20. The van der Waals surface area contributed by atoms with E-state index >= 15 is 0 Å². The van der Waals surface area contributed by atoms with Crippen LogP contribution in [0.4, 0.5) is 0 Å². The van der Waals surface area contributed by atoms with Crippen LogP contribution >= 0.6 is 0 Å². The Labute approximate surface area is 84.0 Å².